The minimum atomic E-state index is 0.207. The normalized spacial score (nSPS) is 19.5. The van der Waals surface area contributed by atoms with Crippen LogP contribution in [0.2, 0.25) is 5.02 Å². The van der Waals surface area contributed by atoms with Crippen LogP contribution in [0.25, 0.3) is 11.5 Å². The number of benzene rings is 1. The topological polar surface area (TPSA) is 74.2 Å². The molecule has 1 saturated heterocycles. The van der Waals surface area contributed by atoms with Crippen LogP contribution in [-0.2, 0) is 4.74 Å². The summed E-state index contributed by atoms with van der Waals surface area (Å²) in [6.07, 6.45) is 2.05. The summed E-state index contributed by atoms with van der Waals surface area (Å²) in [5, 5.41) is 4.53. The largest absolute Gasteiger partial charge is 0.399 e. The molecule has 1 fully saturated rings. The molecule has 0 amide bonds. The highest BCUT2D eigenvalue weighted by molar-refractivity contribution is 6.33. The summed E-state index contributed by atoms with van der Waals surface area (Å²) in [4.78, 5) is 4.41. The predicted octanol–water partition coefficient (Wildman–Crippen LogP) is 2.87. The van der Waals surface area contributed by atoms with Gasteiger partial charge in [-0.3, -0.25) is 0 Å². The van der Waals surface area contributed by atoms with Crippen molar-refractivity contribution in [2.45, 2.75) is 18.8 Å². The summed E-state index contributed by atoms with van der Waals surface area (Å²) in [6.45, 7) is 1.46. The van der Waals surface area contributed by atoms with Gasteiger partial charge in [-0.15, -0.1) is 0 Å². The van der Waals surface area contributed by atoms with Gasteiger partial charge in [0.1, 0.15) is 0 Å². The molecule has 3 rings (SSSR count). The summed E-state index contributed by atoms with van der Waals surface area (Å²) in [5.74, 6) is 1.31. The zero-order valence-electron chi connectivity index (χ0n) is 10.3. The molecule has 1 aliphatic heterocycles. The Labute approximate surface area is 115 Å². The van der Waals surface area contributed by atoms with Crippen molar-refractivity contribution >= 4 is 17.3 Å². The van der Waals surface area contributed by atoms with Crippen LogP contribution in [0, 0.1) is 0 Å². The van der Waals surface area contributed by atoms with Crippen LogP contribution in [0.4, 0.5) is 5.69 Å². The number of nitrogens with two attached hydrogens (primary N) is 1. The number of anilines is 1. The van der Waals surface area contributed by atoms with Crippen molar-refractivity contribution < 1.29 is 9.26 Å². The van der Waals surface area contributed by atoms with Crippen LogP contribution >= 0.6 is 11.6 Å². The monoisotopic (exact) mass is 279 g/mol. The van der Waals surface area contributed by atoms with Crippen LogP contribution in [0.3, 0.4) is 0 Å². The molecular weight excluding hydrogens is 266 g/mol. The molecule has 0 bridgehead atoms. The molecule has 0 saturated carbocycles. The lowest BCUT2D eigenvalue weighted by Gasteiger charge is -2.18. The first-order valence-corrected chi connectivity index (χ1v) is 6.58. The minimum Gasteiger partial charge on any atom is -0.399 e. The van der Waals surface area contributed by atoms with Gasteiger partial charge in [-0.05, 0) is 31.0 Å². The van der Waals surface area contributed by atoms with E-state index in [9.17, 15) is 0 Å². The Morgan fingerprint density at radius 1 is 1.37 bits per heavy atom. The van der Waals surface area contributed by atoms with E-state index in [1.54, 1.807) is 18.2 Å². The van der Waals surface area contributed by atoms with Gasteiger partial charge >= 0.3 is 0 Å². The fourth-order valence-electron chi connectivity index (χ4n) is 2.16. The zero-order valence-corrected chi connectivity index (χ0v) is 11.1. The number of hydrogen-bond acceptors (Lipinski definition) is 5. The van der Waals surface area contributed by atoms with Crippen molar-refractivity contribution in [2.75, 3.05) is 18.9 Å². The van der Waals surface area contributed by atoms with Crippen molar-refractivity contribution in [3.05, 3.63) is 29.0 Å². The van der Waals surface area contributed by atoms with E-state index in [-0.39, 0.29) is 5.92 Å². The number of ether oxygens (including phenoxy) is 1. The maximum Gasteiger partial charge on any atom is 0.259 e. The quantitative estimate of drug-likeness (QED) is 0.856. The van der Waals surface area contributed by atoms with E-state index in [0.717, 1.165) is 19.4 Å². The average Bonchev–Trinajstić information content (AvgIpc) is 2.89. The van der Waals surface area contributed by atoms with E-state index in [1.807, 2.05) is 0 Å². The van der Waals surface area contributed by atoms with Crippen molar-refractivity contribution in [1.82, 2.24) is 10.1 Å². The number of aromatic nitrogens is 2. The van der Waals surface area contributed by atoms with Crippen LogP contribution in [0.15, 0.2) is 22.7 Å². The Morgan fingerprint density at radius 3 is 3.00 bits per heavy atom. The van der Waals surface area contributed by atoms with Crippen molar-refractivity contribution in [1.29, 1.82) is 0 Å². The van der Waals surface area contributed by atoms with Crippen LogP contribution in [-0.4, -0.2) is 23.4 Å². The molecule has 5 nitrogen and oxygen atoms in total. The van der Waals surface area contributed by atoms with Crippen molar-refractivity contribution in [3.63, 3.8) is 0 Å². The van der Waals surface area contributed by atoms with Gasteiger partial charge in [0, 0.05) is 18.2 Å². The zero-order chi connectivity index (χ0) is 13.2. The summed E-state index contributed by atoms with van der Waals surface area (Å²) < 4.78 is 10.7. The molecule has 6 heteroatoms. The maximum atomic E-state index is 6.13. The Bertz CT molecular complexity index is 579. The number of rotatable bonds is 2. The van der Waals surface area contributed by atoms with Gasteiger partial charge in [-0.25, -0.2) is 0 Å². The molecule has 1 aromatic carbocycles. The van der Waals surface area contributed by atoms with E-state index >= 15 is 0 Å². The van der Waals surface area contributed by atoms with Gasteiger partial charge in [0.2, 0.25) is 0 Å². The Balaban J connectivity index is 1.87. The molecule has 1 aromatic heterocycles. The van der Waals surface area contributed by atoms with E-state index in [0.29, 0.717) is 34.6 Å². The Morgan fingerprint density at radius 2 is 2.26 bits per heavy atom. The minimum absolute atomic E-state index is 0.207. The predicted molar refractivity (Wildman–Crippen MR) is 72.0 cm³/mol. The third kappa shape index (κ3) is 2.57. The molecule has 1 aliphatic rings. The van der Waals surface area contributed by atoms with Crippen molar-refractivity contribution in [2.24, 2.45) is 0 Å². The molecular formula is C13H14ClN3O2. The first-order chi connectivity index (χ1) is 9.24. The number of nitrogen functional groups attached to an aromatic ring is 1. The third-order valence-corrected chi connectivity index (χ3v) is 3.50. The lowest BCUT2D eigenvalue weighted by molar-refractivity contribution is 0.0773. The van der Waals surface area contributed by atoms with Gasteiger partial charge in [-0.2, -0.15) is 4.98 Å². The Hall–Kier alpha value is -1.59. The molecule has 100 valence electrons. The molecule has 2 heterocycles. The molecule has 0 aliphatic carbocycles. The molecule has 19 heavy (non-hydrogen) atoms. The van der Waals surface area contributed by atoms with Gasteiger partial charge in [0.05, 0.1) is 17.2 Å². The van der Waals surface area contributed by atoms with Gasteiger partial charge in [-0.1, -0.05) is 16.8 Å². The molecule has 2 aromatic rings. The van der Waals surface area contributed by atoms with Gasteiger partial charge in [0.15, 0.2) is 5.82 Å². The lowest BCUT2D eigenvalue weighted by Crippen LogP contribution is -2.16. The fourth-order valence-corrected chi connectivity index (χ4v) is 2.43. The van der Waals surface area contributed by atoms with E-state index < -0.39 is 0 Å². The smallest absolute Gasteiger partial charge is 0.259 e. The van der Waals surface area contributed by atoms with E-state index in [2.05, 4.69) is 10.1 Å². The van der Waals surface area contributed by atoms with E-state index in [1.165, 1.54) is 0 Å². The van der Waals surface area contributed by atoms with Crippen LogP contribution in [0.5, 0.6) is 0 Å². The number of nitrogens with zero attached hydrogens (tertiary/aromatic N) is 2. The first-order valence-electron chi connectivity index (χ1n) is 6.21. The lowest BCUT2D eigenvalue weighted by atomic mass is 10.0. The SMILES string of the molecule is Nc1ccc(-c2nc(C3CCCOC3)no2)c(Cl)c1. The maximum absolute atomic E-state index is 6.13. The van der Waals surface area contributed by atoms with Crippen LogP contribution < -0.4 is 5.73 Å². The van der Waals surface area contributed by atoms with Crippen molar-refractivity contribution in [3.8, 4) is 11.5 Å². The number of hydrogen-bond donors (Lipinski definition) is 1. The highest BCUT2D eigenvalue weighted by Crippen LogP contribution is 2.30. The number of halogens is 1. The first kappa shape index (κ1) is 12.4. The fraction of sp³-hybridized carbons (Fsp3) is 0.385. The van der Waals surface area contributed by atoms with Crippen LogP contribution in [0.1, 0.15) is 24.6 Å². The third-order valence-electron chi connectivity index (χ3n) is 3.19. The van der Waals surface area contributed by atoms with E-state index in [4.69, 9.17) is 26.6 Å². The second-order valence-electron chi connectivity index (χ2n) is 4.61. The molecule has 1 unspecified atom stereocenters. The summed E-state index contributed by atoms with van der Waals surface area (Å²) in [6, 6.07) is 5.21. The molecule has 1 atom stereocenters. The standard InChI is InChI=1S/C13H14ClN3O2/c14-11-6-9(15)3-4-10(11)13-16-12(17-19-13)8-2-1-5-18-7-8/h3-4,6,8H,1-2,5,7,15H2. The second kappa shape index (κ2) is 5.19. The highest BCUT2D eigenvalue weighted by Gasteiger charge is 2.22. The summed E-state index contributed by atoms with van der Waals surface area (Å²) >= 11 is 6.13. The van der Waals surface area contributed by atoms with Gasteiger partial charge in [0.25, 0.3) is 5.89 Å². The Kier molecular flexibility index (Phi) is 3.40. The summed E-state index contributed by atoms with van der Waals surface area (Å²) in [5.41, 5.74) is 6.97. The summed E-state index contributed by atoms with van der Waals surface area (Å²) in [7, 11) is 0. The molecule has 2 N–H and O–H groups in total. The van der Waals surface area contributed by atoms with Gasteiger partial charge < -0.3 is 15.0 Å². The molecule has 0 spiro atoms. The average molecular weight is 280 g/mol. The highest BCUT2D eigenvalue weighted by atomic mass is 35.5. The second-order valence-corrected chi connectivity index (χ2v) is 5.02. The molecule has 0 radical (unpaired) electrons.